The smallest absolute Gasteiger partial charge is 0.217 e. The minimum absolute atomic E-state index is 0.438. The molecular weight excluding hydrogens is 176 g/mol. The van der Waals surface area contributed by atoms with Gasteiger partial charge in [-0.05, 0) is 42.8 Å². The Morgan fingerprint density at radius 2 is 2.00 bits per heavy atom. The molecule has 3 unspecified atom stereocenters. The molecule has 0 spiro atoms. The number of hydrogen-bond acceptors (Lipinski definition) is 2. The third-order valence-corrected chi connectivity index (χ3v) is 3.83. The second-order valence-corrected chi connectivity index (χ2v) is 5.06. The molecule has 4 fully saturated rings. The SMILES string of the molecule is S=C(S)OC1C2CC3C(C2)C31. The molecule has 0 heterocycles. The molecule has 3 atom stereocenters. The fourth-order valence-electron chi connectivity index (χ4n) is 3.29. The Bertz CT molecular complexity index is 214. The zero-order valence-electron chi connectivity index (χ0n) is 6.06. The summed E-state index contributed by atoms with van der Waals surface area (Å²) in [5, 5.41) is 0. The fourth-order valence-corrected chi connectivity index (χ4v) is 3.53. The van der Waals surface area contributed by atoms with Crippen LogP contribution in [0.1, 0.15) is 12.8 Å². The zero-order chi connectivity index (χ0) is 7.59. The van der Waals surface area contributed by atoms with Gasteiger partial charge in [0.1, 0.15) is 6.10 Å². The molecule has 0 aliphatic heterocycles. The van der Waals surface area contributed by atoms with Gasteiger partial charge in [-0.1, -0.05) is 12.6 Å². The Morgan fingerprint density at radius 1 is 1.36 bits per heavy atom. The minimum Gasteiger partial charge on any atom is -0.475 e. The predicted octanol–water partition coefficient (Wildman–Crippen LogP) is 1.87. The van der Waals surface area contributed by atoms with Gasteiger partial charge in [0, 0.05) is 5.92 Å². The molecule has 4 aliphatic rings. The van der Waals surface area contributed by atoms with Crippen molar-refractivity contribution >= 4 is 29.2 Å². The standard InChI is InChI=1S/C8H10OS2/c10-8(11)9-7-3-1-4-5(2-3)6(4)7/h3-7H,1-2H2,(H,10,11). The van der Waals surface area contributed by atoms with E-state index in [-0.39, 0.29) is 0 Å². The van der Waals surface area contributed by atoms with Gasteiger partial charge in [-0.2, -0.15) is 0 Å². The molecule has 4 rings (SSSR count). The van der Waals surface area contributed by atoms with Crippen molar-refractivity contribution in [2.45, 2.75) is 18.9 Å². The van der Waals surface area contributed by atoms with Crippen LogP contribution in [-0.2, 0) is 4.74 Å². The maximum Gasteiger partial charge on any atom is 0.217 e. The number of thiocarbonyl (C=S) groups is 1. The summed E-state index contributed by atoms with van der Waals surface area (Å²) in [5.41, 5.74) is 0. The predicted molar refractivity (Wildman–Crippen MR) is 49.7 cm³/mol. The summed E-state index contributed by atoms with van der Waals surface area (Å²) in [6.07, 6.45) is 3.25. The van der Waals surface area contributed by atoms with Crippen LogP contribution in [-0.4, -0.2) is 10.5 Å². The normalized spacial score (nSPS) is 56.3. The lowest BCUT2D eigenvalue weighted by Gasteiger charge is -2.15. The molecule has 0 N–H and O–H groups in total. The molecule has 4 saturated carbocycles. The van der Waals surface area contributed by atoms with Crippen molar-refractivity contribution in [1.82, 2.24) is 0 Å². The maximum atomic E-state index is 5.51. The number of thiol groups is 1. The van der Waals surface area contributed by atoms with Gasteiger partial charge in [0.05, 0.1) is 0 Å². The fraction of sp³-hybridized carbons (Fsp3) is 0.875. The van der Waals surface area contributed by atoms with E-state index in [0.29, 0.717) is 10.5 Å². The van der Waals surface area contributed by atoms with Crippen molar-refractivity contribution in [3.8, 4) is 0 Å². The van der Waals surface area contributed by atoms with Gasteiger partial charge in [-0.15, -0.1) is 0 Å². The summed E-state index contributed by atoms with van der Waals surface area (Å²) in [7, 11) is 0. The molecule has 4 bridgehead atoms. The van der Waals surface area contributed by atoms with Crippen LogP contribution in [0.5, 0.6) is 0 Å². The Hall–Kier alpha value is 0.240. The first-order valence-electron chi connectivity index (χ1n) is 4.17. The minimum atomic E-state index is 0.438. The van der Waals surface area contributed by atoms with Crippen molar-refractivity contribution in [2.75, 3.05) is 0 Å². The van der Waals surface area contributed by atoms with Crippen LogP contribution in [0.4, 0.5) is 0 Å². The highest BCUT2D eigenvalue weighted by atomic mass is 32.1. The summed E-state index contributed by atoms with van der Waals surface area (Å²) >= 11 is 8.82. The van der Waals surface area contributed by atoms with Crippen LogP contribution >= 0.6 is 24.8 Å². The summed E-state index contributed by atoms with van der Waals surface area (Å²) < 4.78 is 5.95. The lowest BCUT2D eigenvalue weighted by molar-refractivity contribution is 0.160. The van der Waals surface area contributed by atoms with E-state index in [9.17, 15) is 0 Å². The van der Waals surface area contributed by atoms with E-state index in [2.05, 4.69) is 12.6 Å². The Kier molecular flexibility index (Phi) is 1.18. The largest absolute Gasteiger partial charge is 0.475 e. The first-order valence-corrected chi connectivity index (χ1v) is 5.02. The van der Waals surface area contributed by atoms with Gasteiger partial charge >= 0.3 is 0 Å². The molecule has 1 nitrogen and oxygen atoms in total. The van der Waals surface area contributed by atoms with E-state index in [1.807, 2.05) is 0 Å². The lowest BCUT2D eigenvalue weighted by atomic mass is 10.1. The van der Waals surface area contributed by atoms with Gasteiger partial charge < -0.3 is 4.74 Å². The van der Waals surface area contributed by atoms with E-state index in [4.69, 9.17) is 17.0 Å². The molecule has 0 aromatic carbocycles. The Labute approximate surface area is 76.9 Å². The van der Waals surface area contributed by atoms with Gasteiger partial charge in [-0.3, -0.25) is 0 Å². The van der Waals surface area contributed by atoms with Gasteiger partial charge in [0.15, 0.2) is 0 Å². The molecule has 0 aromatic rings. The van der Waals surface area contributed by atoms with E-state index in [0.717, 1.165) is 23.7 Å². The van der Waals surface area contributed by atoms with Crippen molar-refractivity contribution in [3.63, 3.8) is 0 Å². The van der Waals surface area contributed by atoms with Crippen molar-refractivity contribution < 1.29 is 4.74 Å². The van der Waals surface area contributed by atoms with E-state index >= 15 is 0 Å². The molecule has 0 saturated heterocycles. The first-order chi connectivity index (χ1) is 5.27. The van der Waals surface area contributed by atoms with Gasteiger partial charge in [0.2, 0.25) is 4.38 Å². The lowest BCUT2D eigenvalue weighted by Crippen LogP contribution is -2.17. The molecule has 60 valence electrons. The average Bonchev–Trinajstić information content (AvgIpc) is 2.30. The summed E-state index contributed by atoms with van der Waals surface area (Å²) in [6, 6.07) is 0. The molecule has 3 heteroatoms. The molecule has 11 heavy (non-hydrogen) atoms. The highest BCUT2D eigenvalue weighted by Crippen LogP contribution is 2.71. The highest BCUT2D eigenvalue weighted by molar-refractivity contribution is 8.10. The van der Waals surface area contributed by atoms with Crippen LogP contribution in [0.2, 0.25) is 0 Å². The van der Waals surface area contributed by atoms with Crippen LogP contribution in [0, 0.1) is 23.7 Å². The molecule has 4 aliphatic carbocycles. The quantitative estimate of drug-likeness (QED) is 0.494. The molecule has 0 amide bonds. The number of rotatable bonds is 1. The third-order valence-electron chi connectivity index (χ3n) is 3.63. The van der Waals surface area contributed by atoms with Crippen molar-refractivity contribution in [1.29, 1.82) is 0 Å². The molecular formula is C8H10OS2. The van der Waals surface area contributed by atoms with Gasteiger partial charge in [-0.25, -0.2) is 0 Å². The summed E-state index contributed by atoms with van der Waals surface area (Å²) in [4.78, 5) is 0. The molecule has 0 aromatic heterocycles. The van der Waals surface area contributed by atoms with Gasteiger partial charge in [0.25, 0.3) is 0 Å². The van der Waals surface area contributed by atoms with E-state index < -0.39 is 0 Å². The van der Waals surface area contributed by atoms with Crippen molar-refractivity contribution in [2.24, 2.45) is 23.7 Å². The van der Waals surface area contributed by atoms with Crippen LogP contribution < -0.4 is 0 Å². The summed E-state index contributed by atoms with van der Waals surface area (Å²) in [5.74, 6) is 3.70. The van der Waals surface area contributed by atoms with E-state index in [1.54, 1.807) is 0 Å². The maximum absolute atomic E-state index is 5.51. The van der Waals surface area contributed by atoms with Crippen molar-refractivity contribution in [3.05, 3.63) is 0 Å². The third kappa shape index (κ3) is 0.760. The van der Waals surface area contributed by atoms with Crippen LogP contribution in [0.25, 0.3) is 0 Å². The van der Waals surface area contributed by atoms with Crippen LogP contribution in [0.15, 0.2) is 0 Å². The number of hydrogen-bond donors (Lipinski definition) is 1. The Morgan fingerprint density at radius 3 is 2.36 bits per heavy atom. The Balaban J connectivity index is 1.77. The number of ether oxygens (including phenoxy) is 1. The van der Waals surface area contributed by atoms with E-state index in [1.165, 1.54) is 12.8 Å². The average molecular weight is 186 g/mol. The molecule has 0 radical (unpaired) electrons. The highest BCUT2D eigenvalue weighted by Gasteiger charge is 2.69. The first kappa shape index (κ1) is 6.72. The monoisotopic (exact) mass is 186 g/mol. The summed E-state index contributed by atoms with van der Waals surface area (Å²) in [6.45, 7) is 0. The van der Waals surface area contributed by atoms with Crippen LogP contribution in [0.3, 0.4) is 0 Å². The second-order valence-electron chi connectivity index (χ2n) is 3.98. The second kappa shape index (κ2) is 1.94. The zero-order valence-corrected chi connectivity index (χ0v) is 7.78. The topological polar surface area (TPSA) is 9.23 Å².